The number of thiophene rings is 1. The molecular weight excluding hydrogens is 296 g/mol. The van der Waals surface area contributed by atoms with Crippen LogP contribution in [0.3, 0.4) is 0 Å². The monoisotopic (exact) mass is 314 g/mol. The fraction of sp³-hybridized carbons (Fsp3) is 0.312. The van der Waals surface area contributed by atoms with E-state index >= 15 is 0 Å². The fourth-order valence-electron chi connectivity index (χ4n) is 2.26. The Morgan fingerprint density at radius 3 is 2.68 bits per heavy atom. The Labute approximate surface area is 133 Å². The largest absolute Gasteiger partial charge is 0.320 e. The Balaban J connectivity index is 1.86. The molecule has 0 atom stereocenters. The number of pyridine rings is 1. The molecule has 114 valence electrons. The summed E-state index contributed by atoms with van der Waals surface area (Å²) in [7, 11) is 0. The second-order valence-corrected chi connectivity index (χ2v) is 6.88. The number of fused-ring (bicyclic) bond motifs is 1. The first-order valence-electron chi connectivity index (χ1n) is 7.17. The maximum absolute atomic E-state index is 12.3. The van der Waals surface area contributed by atoms with E-state index in [-0.39, 0.29) is 11.9 Å². The van der Waals surface area contributed by atoms with Crippen LogP contribution >= 0.6 is 11.3 Å². The van der Waals surface area contributed by atoms with Crippen molar-refractivity contribution in [1.82, 2.24) is 14.8 Å². The van der Waals surface area contributed by atoms with Gasteiger partial charge in [-0.25, -0.2) is 9.67 Å². The summed E-state index contributed by atoms with van der Waals surface area (Å²) in [6.45, 7) is 8.15. The predicted octanol–water partition coefficient (Wildman–Crippen LogP) is 3.94. The van der Waals surface area contributed by atoms with Crippen LogP contribution in [0.1, 0.15) is 40.0 Å². The number of rotatable bonds is 3. The molecule has 3 aromatic rings. The topological polar surface area (TPSA) is 59.8 Å². The van der Waals surface area contributed by atoms with Crippen molar-refractivity contribution in [2.24, 2.45) is 0 Å². The Hall–Kier alpha value is -2.21. The lowest BCUT2D eigenvalue weighted by atomic mass is 10.2. The molecule has 0 fully saturated rings. The van der Waals surface area contributed by atoms with Crippen molar-refractivity contribution in [3.8, 4) is 0 Å². The zero-order valence-corrected chi connectivity index (χ0v) is 13.9. The number of carbonyl (C=O) groups is 1. The Bertz CT molecular complexity index is 828. The minimum Gasteiger partial charge on any atom is -0.320 e. The second-order valence-electron chi connectivity index (χ2n) is 5.62. The second kappa shape index (κ2) is 5.53. The molecule has 1 N–H and O–H groups in total. The van der Waals surface area contributed by atoms with Gasteiger partial charge in [0.05, 0.1) is 23.0 Å². The maximum atomic E-state index is 12.3. The fourth-order valence-corrected chi connectivity index (χ4v) is 3.19. The Kier molecular flexibility index (Phi) is 3.70. The Morgan fingerprint density at radius 1 is 1.27 bits per heavy atom. The minimum absolute atomic E-state index is 0.0985. The standard InChI is InChI=1S/C16H18N4OS/c1-9(2)20-15-12(7-18-20)6-13(8-17-15)19-16(21)14-5-10(3)11(4)22-14/h5-9H,1-4H3,(H,19,21). The lowest BCUT2D eigenvalue weighted by molar-refractivity contribution is 0.103. The van der Waals surface area contributed by atoms with Crippen LogP contribution in [0.15, 0.2) is 24.5 Å². The van der Waals surface area contributed by atoms with Crippen molar-refractivity contribution in [1.29, 1.82) is 0 Å². The maximum Gasteiger partial charge on any atom is 0.265 e. The number of carbonyl (C=O) groups excluding carboxylic acids is 1. The van der Waals surface area contributed by atoms with Crippen molar-refractivity contribution in [2.45, 2.75) is 33.7 Å². The summed E-state index contributed by atoms with van der Waals surface area (Å²) >= 11 is 1.50. The van der Waals surface area contributed by atoms with Gasteiger partial charge in [-0.3, -0.25) is 4.79 Å². The predicted molar refractivity (Wildman–Crippen MR) is 89.7 cm³/mol. The first-order chi connectivity index (χ1) is 10.5. The van der Waals surface area contributed by atoms with Crippen LogP contribution in [0, 0.1) is 13.8 Å². The molecule has 22 heavy (non-hydrogen) atoms. The lowest BCUT2D eigenvalue weighted by Gasteiger charge is -2.07. The van der Waals surface area contributed by atoms with Crippen LogP contribution in [-0.4, -0.2) is 20.7 Å². The number of aromatic nitrogens is 3. The van der Waals surface area contributed by atoms with Gasteiger partial charge in [0.2, 0.25) is 0 Å². The lowest BCUT2D eigenvalue weighted by Crippen LogP contribution is -2.10. The smallest absolute Gasteiger partial charge is 0.265 e. The van der Waals surface area contributed by atoms with Gasteiger partial charge in [0.1, 0.15) is 0 Å². The van der Waals surface area contributed by atoms with Crippen LogP contribution in [0.5, 0.6) is 0 Å². The van der Waals surface area contributed by atoms with E-state index in [9.17, 15) is 4.79 Å². The molecule has 0 radical (unpaired) electrons. The van der Waals surface area contributed by atoms with E-state index in [4.69, 9.17) is 0 Å². The van der Waals surface area contributed by atoms with Crippen molar-refractivity contribution in [3.05, 3.63) is 39.8 Å². The van der Waals surface area contributed by atoms with Crippen LogP contribution < -0.4 is 5.32 Å². The first kappa shape index (κ1) is 14.7. The average Bonchev–Trinajstić information content (AvgIpc) is 3.02. The van der Waals surface area contributed by atoms with Crippen molar-refractivity contribution in [2.75, 3.05) is 5.32 Å². The quantitative estimate of drug-likeness (QED) is 0.796. The SMILES string of the molecule is Cc1cc(C(=O)Nc2cnc3c(cnn3C(C)C)c2)sc1C. The number of hydrogen-bond donors (Lipinski definition) is 1. The number of hydrogen-bond acceptors (Lipinski definition) is 4. The van der Waals surface area contributed by atoms with E-state index in [2.05, 4.69) is 29.2 Å². The highest BCUT2D eigenvalue weighted by molar-refractivity contribution is 7.14. The van der Waals surface area contributed by atoms with E-state index in [1.54, 1.807) is 12.4 Å². The minimum atomic E-state index is -0.0985. The average molecular weight is 314 g/mol. The molecule has 3 heterocycles. The van der Waals surface area contributed by atoms with Gasteiger partial charge in [0, 0.05) is 16.3 Å². The summed E-state index contributed by atoms with van der Waals surface area (Å²) < 4.78 is 1.87. The molecule has 0 aliphatic carbocycles. The molecule has 0 aliphatic rings. The van der Waals surface area contributed by atoms with E-state index in [0.29, 0.717) is 10.6 Å². The summed E-state index contributed by atoms with van der Waals surface area (Å²) in [5.74, 6) is -0.0985. The van der Waals surface area contributed by atoms with Gasteiger partial charge < -0.3 is 5.32 Å². The van der Waals surface area contributed by atoms with Gasteiger partial charge in [0.15, 0.2) is 5.65 Å². The van der Waals surface area contributed by atoms with Crippen LogP contribution in [-0.2, 0) is 0 Å². The molecule has 0 spiro atoms. The van der Waals surface area contributed by atoms with Gasteiger partial charge in [-0.05, 0) is 45.4 Å². The zero-order valence-electron chi connectivity index (χ0n) is 13.0. The van der Waals surface area contributed by atoms with E-state index < -0.39 is 0 Å². The molecule has 1 amide bonds. The third kappa shape index (κ3) is 2.62. The summed E-state index contributed by atoms with van der Waals surface area (Å²) in [6, 6.07) is 4.07. The van der Waals surface area contributed by atoms with Gasteiger partial charge in [-0.15, -0.1) is 11.3 Å². The van der Waals surface area contributed by atoms with E-state index in [1.807, 2.05) is 30.7 Å². The van der Waals surface area contributed by atoms with Crippen molar-refractivity contribution in [3.63, 3.8) is 0 Å². The number of amides is 1. The number of anilines is 1. The van der Waals surface area contributed by atoms with Crippen LogP contribution in [0.25, 0.3) is 11.0 Å². The van der Waals surface area contributed by atoms with Crippen molar-refractivity contribution >= 4 is 34.0 Å². The molecule has 0 aliphatic heterocycles. The molecule has 5 nitrogen and oxygen atoms in total. The van der Waals surface area contributed by atoms with Crippen molar-refractivity contribution < 1.29 is 4.79 Å². The zero-order chi connectivity index (χ0) is 15.9. The van der Waals surface area contributed by atoms with Crippen LogP contribution in [0.4, 0.5) is 5.69 Å². The summed E-state index contributed by atoms with van der Waals surface area (Å²) in [5.41, 5.74) is 2.65. The van der Waals surface area contributed by atoms with Gasteiger partial charge in [-0.2, -0.15) is 5.10 Å². The van der Waals surface area contributed by atoms with E-state index in [1.165, 1.54) is 11.3 Å². The molecule has 3 aromatic heterocycles. The highest BCUT2D eigenvalue weighted by atomic mass is 32.1. The molecule has 0 bridgehead atoms. The number of nitrogens with one attached hydrogen (secondary N) is 1. The highest BCUT2D eigenvalue weighted by Crippen LogP contribution is 2.23. The number of nitrogens with zero attached hydrogens (tertiary/aromatic N) is 3. The highest BCUT2D eigenvalue weighted by Gasteiger charge is 2.12. The van der Waals surface area contributed by atoms with Gasteiger partial charge in [-0.1, -0.05) is 0 Å². The normalized spacial score (nSPS) is 11.3. The van der Waals surface area contributed by atoms with Gasteiger partial charge in [0.25, 0.3) is 5.91 Å². The third-order valence-corrected chi connectivity index (χ3v) is 4.72. The molecule has 3 rings (SSSR count). The molecule has 0 aromatic carbocycles. The molecule has 0 saturated heterocycles. The summed E-state index contributed by atoms with van der Waals surface area (Å²) in [6.07, 6.45) is 3.45. The Morgan fingerprint density at radius 2 is 2.05 bits per heavy atom. The summed E-state index contributed by atoms with van der Waals surface area (Å²) in [5, 5.41) is 8.15. The molecule has 6 heteroatoms. The van der Waals surface area contributed by atoms with E-state index in [0.717, 1.165) is 21.5 Å². The van der Waals surface area contributed by atoms with Crippen LogP contribution in [0.2, 0.25) is 0 Å². The summed E-state index contributed by atoms with van der Waals surface area (Å²) in [4.78, 5) is 18.6. The molecule has 0 saturated carbocycles. The van der Waals surface area contributed by atoms with Gasteiger partial charge >= 0.3 is 0 Å². The first-order valence-corrected chi connectivity index (χ1v) is 7.99. The molecular formula is C16H18N4OS. The number of aryl methyl sites for hydroxylation is 2. The molecule has 0 unspecified atom stereocenters. The third-order valence-electron chi connectivity index (χ3n) is 3.57.